The third-order valence-corrected chi connectivity index (χ3v) is 4.70. The molecule has 0 aliphatic carbocycles. The Hall–Kier alpha value is -0.580. The van der Waals surface area contributed by atoms with Crippen molar-refractivity contribution in [3.63, 3.8) is 0 Å². The van der Waals surface area contributed by atoms with Crippen LogP contribution in [0, 0.1) is 5.41 Å². The van der Waals surface area contributed by atoms with E-state index >= 15 is 0 Å². The van der Waals surface area contributed by atoms with Crippen LogP contribution in [0.5, 0.6) is 0 Å². The Kier molecular flexibility index (Phi) is 3.43. The van der Waals surface area contributed by atoms with Crippen molar-refractivity contribution in [3.8, 4) is 0 Å². The quantitative estimate of drug-likeness (QED) is 0.705. The number of sulfone groups is 1. The summed E-state index contributed by atoms with van der Waals surface area (Å²) >= 11 is 0. The number of carbonyl (C=O) groups excluding carboxylic acids is 1. The highest BCUT2D eigenvalue weighted by atomic mass is 32.2. The first-order valence-electron chi connectivity index (χ1n) is 5.28. The Morgan fingerprint density at radius 2 is 1.73 bits per heavy atom. The topological polar surface area (TPSA) is 54.5 Å². The molecule has 0 radical (unpaired) electrons. The molecule has 0 unspecified atom stereocenters. The van der Waals surface area contributed by atoms with Gasteiger partial charge in [0.1, 0.15) is 0 Å². The van der Waals surface area contributed by atoms with Gasteiger partial charge in [-0.05, 0) is 6.42 Å². The molecular formula is C10H19NO3S. The summed E-state index contributed by atoms with van der Waals surface area (Å²) in [5, 5.41) is 0. The Bertz CT molecular complexity index is 332. The average molecular weight is 233 g/mol. The van der Waals surface area contributed by atoms with Gasteiger partial charge in [-0.2, -0.15) is 0 Å². The minimum atomic E-state index is -2.90. The lowest BCUT2D eigenvalue weighted by atomic mass is 9.88. The van der Waals surface area contributed by atoms with Crippen LogP contribution >= 0.6 is 0 Å². The van der Waals surface area contributed by atoms with E-state index in [4.69, 9.17) is 0 Å². The minimum absolute atomic E-state index is 0.0694. The van der Waals surface area contributed by atoms with E-state index in [2.05, 4.69) is 0 Å². The van der Waals surface area contributed by atoms with E-state index in [-0.39, 0.29) is 22.8 Å². The number of hydrogen-bond donors (Lipinski definition) is 0. The van der Waals surface area contributed by atoms with E-state index in [0.717, 1.165) is 6.42 Å². The van der Waals surface area contributed by atoms with Gasteiger partial charge in [-0.1, -0.05) is 20.8 Å². The summed E-state index contributed by atoms with van der Waals surface area (Å²) in [4.78, 5) is 13.7. The maximum atomic E-state index is 12.0. The summed E-state index contributed by atoms with van der Waals surface area (Å²) in [5.41, 5.74) is -0.374. The summed E-state index contributed by atoms with van der Waals surface area (Å²) in [5.74, 6) is 0.289. The second-order valence-corrected chi connectivity index (χ2v) is 6.99. The zero-order valence-corrected chi connectivity index (χ0v) is 10.4. The molecule has 4 nitrogen and oxygen atoms in total. The molecule has 15 heavy (non-hydrogen) atoms. The monoisotopic (exact) mass is 233 g/mol. The molecule has 1 saturated heterocycles. The van der Waals surface area contributed by atoms with Gasteiger partial charge in [0.05, 0.1) is 11.5 Å². The highest BCUT2D eigenvalue weighted by molar-refractivity contribution is 7.91. The molecule has 0 bridgehead atoms. The predicted octanol–water partition coefficient (Wildman–Crippen LogP) is 0.680. The summed E-state index contributed by atoms with van der Waals surface area (Å²) in [6.07, 6.45) is 0.773. The van der Waals surface area contributed by atoms with Crippen molar-refractivity contribution in [1.82, 2.24) is 4.90 Å². The fourth-order valence-corrected chi connectivity index (χ4v) is 2.70. The van der Waals surface area contributed by atoms with Gasteiger partial charge >= 0.3 is 0 Å². The highest BCUT2D eigenvalue weighted by Gasteiger charge is 2.33. The molecule has 0 aromatic heterocycles. The molecule has 1 fully saturated rings. The van der Waals surface area contributed by atoms with Crippen LogP contribution in [0.1, 0.15) is 27.2 Å². The number of hydrogen-bond acceptors (Lipinski definition) is 3. The van der Waals surface area contributed by atoms with Crippen molar-refractivity contribution in [2.24, 2.45) is 5.41 Å². The van der Waals surface area contributed by atoms with Crippen molar-refractivity contribution < 1.29 is 13.2 Å². The Morgan fingerprint density at radius 3 is 2.13 bits per heavy atom. The maximum absolute atomic E-state index is 12.0. The highest BCUT2D eigenvalue weighted by Crippen LogP contribution is 2.23. The zero-order chi connectivity index (χ0) is 11.7. The van der Waals surface area contributed by atoms with Gasteiger partial charge in [-0.15, -0.1) is 0 Å². The van der Waals surface area contributed by atoms with Gasteiger partial charge in [0, 0.05) is 18.5 Å². The van der Waals surface area contributed by atoms with Gasteiger partial charge < -0.3 is 4.90 Å². The Morgan fingerprint density at radius 1 is 1.27 bits per heavy atom. The van der Waals surface area contributed by atoms with Crippen molar-refractivity contribution >= 4 is 15.7 Å². The summed E-state index contributed by atoms with van der Waals surface area (Å²) in [7, 11) is -2.90. The fourth-order valence-electron chi connectivity index (χ4n) is 1.49. The van der Waals surface area contributed by atoms with Crippen LogP contribution in [0.25, 0.3) is 0 Å². The van der Waals surface area contributed by atoms with E-state index in [0.29, 0.717) is 13.1 Å². The van der Waals surface area contributed by atoms with E-state index in [1.807, 2.05) is 20.8 Å². The van der Waals surface area contributed by atoms with E-state index in [1.54, 1.807) is 4.90 Å². The molecule has 0 aromatic carbocycles. The molecule has 1 aliphatic heterocycles. The van der Waals surface area contributed by atoms with Gasteiger partial charge in [-0.3, -0.25) is 4.79 Å². The molecule has 0 saturated carbocycles. The molecule has 0 aromatic rings. The predicted molar refractivity (Wildman–Crippen MR) is 59.3 cm³/mol. The molecule has 1 rings (SSSR count). The Labute approximate surface area is 91.6 Å². The molecule has 1 aliphatic rings. The summed E-state index contributed by atoms with van der Waals surface area (Å²) in [6, 6.07) is 0. The molecule has 0 atom stereocenters. The van der Waals surface area contributed by atoms with Gasteiger partial charge in [-0.25, -0.2) is 8.42 Å². The molecule has 88 valence electrons. The second kappa shape index (κ2) is 4.12. The van der Waals surface area contributed by atoms with Crippen LogP contribution in [-0.2, 0) is 14.6 Å². The molecule has 1 amide bonds. The minimum Gasteiger partial charge on any atom is -0.340 e. The Balaban J connectivity index is 2.65. The summed E-state index contributed by atoms with van der Waals surface area (Å²) in [6.45, 7) is 6.48. The van der Waals surface area contributed by atoms with Crippen molar-refractivity contribution in [2.45, 2.75) is 27.2 Å². The lowest BCUT2D eigenvalue weighted by Gasteiger charge is -2.33. The SMILES string of the molecule is CCC(C)(C)C(=O)N1CCS(=O)(=O)CC1. The van der Waals surface area contributed by atoms with E-state index in [1.165, 1.54) is 0 Å². The third-order valence-electron chi connectivity index (χ3n) is 3.09. The smallest absolute Gasteiger partial charge is 0.228 e. The summed E-state index contributed by atoms with van der Waals surface area (Å²) < 4.78 is 22.4. The van der Waals surface area contributed by atoms with Crippen LogP contribution in [0.15, 0.2) is 0 Å². The lowest BCUT2D eigenvalue weighted by molar-refractivity contribution is -0.140. The van der Waals surface area contributed by atoms with Crippen LogP contribution < -0.4 is 0 Å². The van der Waals surface area contributed by atoms with E-state index in [9.17, 15) is 13.2 Å². The van der Waals surface area contributed by atoms with Gasteiger partial charge in [0.2, 0.25) is 5.91 Å². The van der Waals surface area contributed by atoms with Crippen molar-refractivity contribution in [3.05, 3.63) is 0 Å². The molecule has 0 N–H and O–H groups in total. The molecule has 1 heterocycles. The number of rotatable bonds is 2. The van der Waals surface area contributed by atoms with Gasteiger partial charge in [0.25, 0.3) is 0 Å². The van der Waals surface area contributed by atoms with Crippen molar-refractivity contribution in [2.75, 3.05) is 24.6 Å². The molecular weight excluding hydrogens is 214 g/mol. The maximum Gasteiger partial charge on any atom is 0.228 e. The number of nitrogens with zero attached hydrogens (tertiary/aromatic N) is 1. The first kappa shape index (κ1) is 12.5. The first-order valence-corrected chi connectivity index (χ1v) is 7.10. The van der Waals surface area contributed by atoms with Crippen molar-refractivity contribution in [1.29, 1.82) is 0 Å². The fraction of sp³-hybridized carbons (Fsp3) is 0.900. The van der Waals surface area contributed by atoms with Crippen LogP contribution in [0.4, 0.5) is 0 Å². The second-order valence-electron chi connectivity index (χ2n) is 4.68. The van der Waals surface area contributed by atoms with E-state index < -0.39 is 9.84 Å². The largest absolute Gasteiger partial charge is 0.340 e. The van der Waals surface area contributed by atoms with Crippen LogP contribution in [-0.4, -0.2) is 43.8 Å². The number of amides is 1. The third kappa shape index (κ3) is 2.93. The number of carbonyl (C=O) groups is 1. The lowest BCUT2D eigenvalue weighted by Crippen LogP contribution is -2.48. The van der Waals surface area contributed by atoms with Crippen LogP contribution in [0.3, 0.4) is 0 Å². The zero-order valence-electron chi connectivity index (χ0n) is 9.62. The average Bonchev–Trinajstić information content (AvgIpc) is 2.17. The van der Waals surface area contributed by atoms with Gasteiger partial charge in [0.15, 0.2) is 9.84 Å². The standard InChI is InChI=1S/C10H19NO3S/c1-4-10(2,3)9(12)11-5-7-15(13,14)8-6-11/h4-8H2,1-3H3. The van der Waals surface area contributed by atoms with Crippen LogP contribution in [0.2, 0.25) is 0 Å². The molecule has 5 heteroatoms. The first-order chi connectivity index (χ1) is 6.78. The molecule has 0 spiro atoms. The normalized spacial score (nSPS) is 21.4.